The number of rotatable bonds is 4. The third-order valence-electron chi connectivity index (χ3n) is 3.34. The van der Waals surface area contributed by atoms with E-state index >= 15 is 0 Å². The number of hydrogen-bond acceptors (Lipinski definition) is 2. The molecule has 0 radical (unpaired) electrons. The number of amides is 1. The van der Waals surface area contributed by atoms with Crippen molar-refractivity contribution in [1.82, 2.24) is 15.1 Å². The van der Waals surface area contributed by atoms with E-state index in [1.54, 1.807) is 4.68 Å². The lowest BCUT2D eigenvalue weighted by Gasteiger charge is -2.11. The Hall–Kier alpha value is -1.81. The van der Waals surface area contributed by atoms with Crippen molar-refractivity contribution in [2.75, 3.05) is 6.54 Å². The van der Waals surface area contributed by atoms with Crippen LogP contribution in [0.15, 0.2) is 30.3 Å². The summed E-state index contributed by atoms with van der Waals surface area (Å²) in [7, 11) is 1.83. The molecule has 1 amide bonds. The summed E-state index contributed by atoms with van der Waals surface area (Å²) in [5.41, 5.74) is 3.21. The van der Waals surface area contributed by atoms with Gasteiger partial charge in [0.1, 0.15) is 0 Å². The minimum absolute atomic E-state index is 0.130. The molecule has 106 valence electrons. The summed E-state index contributed by atoms with van der Waals surface area (Å²) >= 11 is 6.29. The van der Waals surface area contributed by atoms with Gasteiger partial charge in [0.25, 0.3) is 5.91 Å². The number of benzene rings is 1. The van der Waals surface area contributed by atoms with Gasteiger partial charge in [-0.05, 0) is 19.4 Å². The van der Waals surface area contributed by atoms with Gasteiger partial charge in [0.15, 0.2) is 0 Å². The SMILES string of the molecule is Cc1nn(C)c(C)c1C(=O)NCC(Cl)c1ccccc1. The van der Waals surface area contributed by atoms with Crippen LogP contribution in [0.5, 0.6) is 0 Å². The third-order valence-corrected chi connectivity index (χ3v) is 3.75. The van der Waals surface area contributed by atoms with Gasteiger partial charge in [0, 0.05) is 19.3 Å². The maximum Gasteiger partial charge on any atom is 0.255 e. The van der Waals surface area contributed by atoms with Gasteiger partial charge in [0.2, 0.25) is 0 Å². The molecule has 0 saturated carbocycles. The monoisotopic (exact) mass is 291 g/mol. The summed E-state index contributed by atoms with van der Waals surface area (Å²) in [5.74, 6) is -0.130. The first kappa shape index (κ1) is 14.6. The van der Waals surface area contributed by atoms with E-state index in [-0.39, 0.29) is 11.3 Å². The van der Waals surface area contributed by atoms with Crippen LogP contribution in [-0.4, -0.2) is 22.2 Å². The third kappa shape index (κ3) is 3.02. The smallest absolute Gasteiger partial charge is 0.255 e. The Morgan fingerprint density at radius 2 is 2.00 bits per heavy atom. The maximum atomic E-state index is 12.2. The molecule has 5 heteroatoms. The molecule has 1 unspecified atom stereocenters. The number of nitrogens with zero attached hydrogens (tertiary/aromatic N) is 2. The molecule has 20 heavy (non-hydrogen) atoms. The summed E-state index contributed by atoms with van der Waals surface area (Å²) < 4.78 is 1.71. The first-order valence-electron chi connectivity index (χ1n) is 6.48. The van der Waals surface area contributed by atoms with Crippen molar-refractivity contribution < 1.29 is 4.79 Å². The second-order valence-corrected chi connectivity index (χ2v) is 5.28. The van der Waals surface area contributed by atoms with Crippen LogP contribution < -0.4 is 5.32 Å². The second kappa shape index (κ2) is 6.09. The fourth-order valence-corrected chi connectivity index (χ4v) is 2.38. The van der Waals surface area contributed by atoms with Gasteiger partial charge in [-0.1, -0.05) is 30.3 Å². The van der Waals surface area contributed by atoms with Crippen molar-refractivity contribution in [3.8, 4) is 0 Å². The van der Waals surface area contributed by atoms with E-state index in [1.165, 1.54) is 0 Å². The van der Waals surface area contributed by atoms with E-state index in [0.29, 0.717) is 12.1 Å². The van der Waals surface area contributed by atoms with Crippen molar-refractivity contribution in [3.63, 3.8) is 0 Å². The van der Waals surface area contributed by atoms with Gasteiger partial charge in [-0.2, -0.15) is 5.10 Å². The summed E-state index contributed by atoms with van der Waals surface area (Å²) in [5, 5.41) is 6.87. The molecular weight excluding hydrogens is 274 g/mol. The molecule has 2 aromatic rings. The van der Waals surface area contributed by atoms with Gasteiger partial charge >= 0.3 is 0 Å². The molecule has 1 atom stereocenters. The molecule has 4 nitrogen and oxygen atoms in total. The highest BCUT2D eigenvalue weighted by molar-refractivity contribution is 6.21. The van der Waals surface area contributed by atoms with Crippen molar-refractivity contribution in [2.24, 2.45) is 7.05 Å². The highest BCUT2D eigenvalue weighted by Gasteiger charge is 2.18. The van der Waals surface area contributed by atoms with E-state index in [4.69, 9.17) is 11.6 Å². The number of carbonyl (C=O) groups excluding carboxylic acids is 1. The highest BCUT2D eigenvalue weighted by Crippen LogP contribution is 2.19. The fraction of sp³-hybridized carbons (Fsp3) is 0.333. The van der Waals surface area contributed by atoms with Crippen molar-refractivity contribution >= 4 is 17.5 Å². The Balaban J connectivity index is 2.02. The van der Waals surface area contributed by atoms with Crippen LogP contribution in [0, 0.1) is 13.8 Å². The predicted octanol–water partition coefficient (Wildman–Crippen LogP) is 2.75. The maximum absolute atomic E-state index is 12.2. The lowest BCUT2D eigenvalue weighted by molar-refractivity contribution is 0.0952. The Bertz CT molecular complexity index is 607. The molecular formula is C15H18ClN3O. The first-order valence-corrected chi connectivity index (χ1v) is 6.91. The van der Waals surface area contributed by atoms with E-state index in [9.17, 15) is 4.79 Å². The lowest BCUT2D eigenvalue weighted by atomic mass is 10.1. The fourth-order valence-electron chi connectivity index (χ4n) is 2.15. The number of carbonyl (C=O) groups is 1. The summed E-state index contributed by atoms with van der Waals surface area (Å²) in [6, 6.07) is 9.70. The van der Waals surface area contributed by atoms with Crippen molar-refractivity contribution in [2.45, 2.75) is 19.2 Å². The van der Waals surface area contributed by atoms with Crippen molar-refractivity contribution in [3.05, 3.63) is 52.8 Å². The van der Waals surface area contributed by atoms with Gasteiger partial charge in [-0.3, -0.25) is 9.48 Å². The Kier molecular flexibility index (Phi) is 4.45. The highest BCUT2D eigenvalue weighted by atomic mass is 35.5. The number of aromatic nitrogens is 2. The van der Waals surface area contributed by atoms with Crippen LogP contribution >= 0.6 is 11.6 Å². The zero-order chi connectivity index (χ0) is 14.7. The van der Waals surface area contributed by atoms with E-state index in [2.05, 4.69) is 10.4 Å². The Morgan fingerprint density at radius 1 is 1.35 bits per heavy atom. The largest absolute Gasteiger partial charge is 0.350 e. The van der Waals surface area contributed by atoms with Crippen LogP contribution in [-0.2, 0) is 7.05 Å². The van der Waals surface area contributed by atoms with Crippen LogP contribution in [0.4, 0.5) is 0 Å². The number of aryl methyl sites for hydroxylation is 2. The molecule has 0 fully saturated rings. The van der Waals surface area contributed by atoms with Gasteiger partial charge < -0.3 is 5.32 Å². The quantitative estimate of drug-likeness (QED) is 0.881. The summed E-state index contributed by atoms with van der Waals surface area (Å²) in [6.07, 6.45) is 0. The van der Waals surface area contributed by atoms with Crippen LogP contribution in [0.25, 0.3) is 0 Å². The van der Waals surface area contributed by atoms with Crippen LogP contribution in [0.1, 0.15) is 32.7 Å². The number of nitrogens with one attached hydrogen (secondary N) is 1. The predicted molar refractivity (Wildman–Crippen MR) is 80.1 cm³/mol. The van der Waals surface area contributed by atoms with Crippen LogP contribution in [0.3, 0.4) is 0 Å². The average Bonchev–Trinajstić information content (AvgIpc) is 2.70. The average molecular weight is 292 g/mol. The topological polar surface area (TPSA) is 46.9 Å². The molecule has 0 aliphatic carbocycles. The molecule has 0 bridgehead atoms. The van der Waals surface area contributed by atoms with E-state index < -0.39 is 0 Å². The van der Waals surface area contributed by atoms with Crippen LogP contribution in [0.2, 0.25) is 0 Å². The normalized spacial score (nSPS) is 12.2. The standard InChI is InChI=1S/C15H18ClN3O/c1-10-14(11(2)19(3)18-10)15(20)17-9-13(16)12-7-5-4-6-8-12/h4-8,13H,9H2,1-3H3,(H,17,20). The number of alkyl halides is 1. The molecule has 0 aliphatic heterocycles. The zero-order valence-electron chi connectivity index (χ0n) is 11.9. The number of halogens is 1. The van der Waals surface area contributed by atoms with Gasteiger partial charge in [-0.15, -0.1) is 11.6 Å². The summed E-state index contributed by atoms with van der Waals surface area (Å²) in [4.78, 5) is 12.2. The molecule has 0 saturated heterocycles. The Morgan fingerprint density at radius 3 is 2.55 bits per heavy atom. The molecule has 1 N–H and O–H groups in total. The summed E-state index contributed by atoms with van der Waals surface area (Å²) in [6.45, 7) is 4.10. The van der Waals surface area contributed by atoms with Gasteiger partial charge in [-0.25, -0.2) is 0 Å². The van der Waals surface area contributed by atoms with Gasteiger partial charge in [0.05, 0.1) is 16.6 Å². The minimum Gasteiger partial charge on any atom is -0.350 e. The second-order valence-electron chi connectivity index (χ2n) is 4.76. The molecule has 0 aliphatic rings. The molecule has 1 aromatic carbocycles. The lowest BCUT2D eigenvalue weighted by Crippen LogP contribution is -2.27. The van der Waals surface area contributed by atoms with E-state index in [1.807, 2.05) is 51.2 Å². The Labute approximate surface area is 123 Å². The van der Waals surface area contributed by atoms with E-state index in [0.717, 1.165) is 17.0 Å². The molecule has 1 aromatic heterocycles. The zero-order valence-corrected chi connectivity index (χ0v) is 12.6. The first-order chi connectivity index (χ1) is 9.50. The number of hydrogen-bond donors (Lipinski definition) is 1. The molecule has 2 rings (SSSR count). The molecule has 1 heterocycles. The van der Waals surface area contributed by atoms with Crippen molar-refractivity contribution in [1.29, 1.82) is 0 Å². The minimum atomic E-state index is -0.238. The molecule has 0 spiro atoms.